The lowest BCUT2D eigenvalue weighted by atomic mass is 10.1. The van der Waals surface area contributed by atoms with Gasteiger partial charge >= 0.3 is 0 Å². The largest absolute Gasteiger partial charge is 0.330 e. The van der Waals surface area contributed by atoms with Crippen molar-refractivity contribution in [3.05, 3.63) is 39.9 Å². The zero-order chi connectivity index (χ0) is 15.5. The first-order valence-corrected chi connectivity index (χ1v) is 9.02. The van der Waals surface area contributed by atoms with E-state index in [4.69, 9.17) is 5.73 Å². The van der Waals surface area contributed by atoms with Gasteiger partial charge in [0.25, 0.3) is 5.56 Å². The summed E-state index contributed by atoms with van der Waals surface area (Å²) in [6.45, 7) is 2.79. The molecule has 1 aromatic heterocycles. The number of nitrogens with one attached hydrogen (secondary N) is 1. The number of aryl methyl sites for hydroxylation is 1. The van der Waals surface area contributed by atoms with Crippen LogP contribution in [-0.2, 0) is 5.75 Å². The Morgan fingerprint density at radius 2 is 2.27 bits per heavy atom. The van der Waals surface area contributed by atoms with Gasteiger partial charge in [-0.05, 0) is 56.7 Å². The molecule has 1 saturated carbocycles. The van der Waals surface area contributed by atoms with Crippen molar-refractivity contribution in [1.82, 2.24) is 9.97 Å². The highest BCUT2D eigenvalue weighted by atomic mass is 32.2. The molecule has 0 aliphatic heterocycles. The Hall–Kier alpha value is -1.33. The van der Waals surface area contributed by atoms with Crippen LogP contribution >= 0.6 is 11.8 Å². The van der Waals surface area contributed by atoms with Crippen molar-refractivity contribution in [3.8, 4) is 0 Å². The molecule has 3 N–H and O–H groups in total. The number of benzene rings is 1. The molecule has 0 amide bonds. The van der Waals surface area contributed by atoms with Crippen LogP contribution in [0.4, 0.5) is 0 Å². The Kier molecular flexibility index (Phi) is 4.84. The van der Waals surface area contributed by atoms with Crippen molar-refractivity contribution in [3.63, 3.8) is 0 Å². The Balaban J connectivity index is 1.70. The monoisotopic (exact) mass is 317 g/mol. The average Bonchev–Trinajstić information content (AvgIpc) is 2.94. The fourth-order valence-electron chi connectivity index (χ4n) is 3.30. The van der Waals surface area contributed by atoms with Crippen LogP contribution in [0.2, 0.25) is 0 Å². The third kappa shape index (κ3) is 3.36. The first-order valence-electron chi connectivity index (χ1n) is 7.97. The highest BCUT2D eigenvalue weighted by Crippen LogP contribution is 2.36. The number of aromatic nitrogens is 2. The predicted octanol–water partition coefficient (Wildman–Crippen LogP) is 2.98. The third-order valence-electron chi connectivity index (χ3n) is 4.51. The van der Waals surface area contributed by atoms with Crippen molar-refractivity contribution < 1.29 is 0 Å². The summed E-state index contributed by atoms with van der Waals surface area (Å²) in [5.74, 6) is 2.35. The van der Waals surface area contributed by atoms with E-state index in [0.29, 0.717) is 10.6 Å². The SMILES string of the molecule is Cc1cccc2c(=O)[nH]c(CSC3CCC(CCN)C3)nc12. The lowest BCUT2D eigenvalue weighted by Crippen LogP contribution is -2.12. The van der Waals surface area contributed by atoms with Gasteiger partial charge in [-0.25, -0.2) is 4.98 Å². The maximum Gasteiger partial charge on any atom is 0.258 e. The maximum atomic E-state index is 12.2. The Labute approximate surface area is 134 Å². The highest BCUT2D eigenvalue weighted by Gasteiger charge is 2.24. The number of para-hydroxylation sites is 1. The van der Waals surface area contributed by atoms with Crippen molar-refractivity contribution >= 4 is 22.7 Å². The van der Waals surface area contributed by atoms with E-state index in [2.05, 4.69) is 9.97 Å². The van der Waals surface area contributed by atoms with Gasteiger partial charge in [-0.15, -0.1) is 0 Å². The minimum Gasteiger partial charge on any atom is -0.330 e. The number of fused-ring (bicyclic) bond motifs is 1. The second-order valence-corrected chi connectivity index (χ2v) is 7.46. The zero-order valence-corrected chi connectivity index (χ0v) is 13.8. The van der Waals surface area contributed by atoms with E-state index in [1.54, 1.807) is 0 Å². The summed E-state index contributed by atoms with van der Waals surface area (Å²) < 4.78 is 0. The fraction of sp³-hybridized carbons (Fsp3) is 0.529. The molecule has 3 rings (SSSR count). The number of H-pyrrole nitrogens is 1. The van der Waals surface area contributed by atoms with Gasteiger partial charge in [0.1, 0.15) is 5.82 Å². The number of hydrogen-bond donors (Lipinski definition) is 2. The van der Waals surface area contributed by atoms with Gasteiger partial charge in [0.05, 0.1) is 16.7 Å². The van der Waals surface area contributed by atoms with Crippen LogP contribution in [0.15, 0.2) is 23.0 Å². The number of nitrogens with zero attached hydrogens (tertiary/aromatic N) is 1. The van der Waals surface area contributed by atoms with Crippen LogP contribution in [-0.4, -0.2) is 21.8 Å². The molecule has 118 valence electrons. The van der Waals surface area contributed by atoms with Gasteiger partial charge in [0, 0.05) is 5.25 Å². The predicted molar refractivity (Wildman–Crippen MR) is 93.2 cm³/mol. The smallest absolute Gasteiger partial charge is 0.258 e. The van der Waals surface area contributed by atoms with E-state index in [-0.39, 0.29) is 5.56 Å². The molecule has 0 spiro atoms. The molecule has 1 heterocycles. The number of hydrogen-bond acceptors (Lipinski definition) is 4. The topological polar surface area (TPSA) is 71.8 Å². The van der Waals surface area contributed by atoms with Crippen LogP contribution < -0.4 is 11.3 Å². The average molecular weight is 317 g/mol. The lowest BCUT2D eigenvalue weighted by molar-refractivity contribution is 0.512. The van der Waals surface area contributed by atoms with E-state index in [1.165, 1.54) is 19.3 Å². The Morgan fingerprint density at radius 1 is 1.41 bits per heavy atom. The summed E-state index contributed by atoms with van der Waals surface area (Å²) in [5, 5.41) is 1.35. The Bertz CT molecular complexity index is 713. The van der Waals surface area contributed by atoms with Gasteiger partial charge < -0.3 is 10.7 Å². The number of aromatic amines is 1. The van der Waals surface area contributed by atoms with Crippen LogP contribution in [0.25, 0.3) is 10.9 Å². The Morgan fingerprint density at radius 3 is 3.09 bits per heavy atom. The number of thioether (sulfide) groups is 1. The summed E-state index contributed by atoms with van der Waals surface area (Å²) in [6.07, 6.45) is 4.93. The van der Waals surface area contributed by atoms with Gasteiger partial charge in [0.2, 0.25) is 0 Å². The molecular weight excluding hydrogens is 294 g/mol. The maximum absolute atomic E-state index is 12.2. The van der Waals surface area contributed by atoms with E-state index < -0.39 is 0 Å². The van der Waals surface area contributed by atoms with Crippen LogP contribution in [0.5, 0.6) is 0 Å². The molecule has 0 saturated heterocycles. The molecule has 0 bridgehead atoms. The van der Waals surface area contributed by atoms with E-state index >= 15 is 0 Å². The van der Waals surface area contributed by atoms with Gasteiger partial charge in [0.15, 0.2) is 0 Å². The summed E-state index contributed by atoms with van der Waals surface area (Å²) in [6, 6.07) is 5.73. The minimum absolute atomic E-state index is 0.0308. The van der Waals surface area contributed by atoms with E-state index in [1.807, 2.05) is 36.9 Å². The van der Waals surface area contributed by atoms with E-state index in [0.717, 1.165) is 41.5 Å². The molecule has 2 atom stereocenters. The molecule has 2 aromatic rings. The highest BCUT2D eigenvalue weighted by molar-refractivity contribution is 7.99. The minimum atomic E-state index is -0.0308. The lowest BCUT2D eigenvalue weighted by Gasteiger charge is -2.10. The normalized spacial score (nSPS) is 21.5. The molecule has 1 fully saturated rings. The van der Waals surface area contributed by atoms with E-state index in [9.17, 15) is 4.79 Å². The molecule has 1 aromatic carbocycles. The van der Waals surface area contributed by atoms with Crippen LogP contribution in [0.1, 0.15) is 37.1 Å². The summed E-state index contributed by atoms with van der Waals surface area (Å²) >= 11 is 1.92. The van der Waals surface area contributed by atoms with Crippen LogP contribution in [0.3, 0.4) is 0 Å². The molecule has 22 heavy (non-hydrogen) atoms. The standard InChI is InChI=1S/C17H23N3OS/c1-11-3-2-4-14-16(11)19-15(20-17(14)21)10-22-13-6-5-12(9-13)7-8-18/h2-4,12-13H,5-10,18H2,1H3,(H,19,20,21). The molecule has 1 aliphatic rings. The van der Waals surface area contributed by atoms with Gasteiger partial charge in [-0.1, -0.05) is 12.1 Å². The molecular formula is C17H23N3OS. The molecule has 5 heteroatoms. The first kappa shape index (κ1) is 15.6. The third-order valence-corrected chi connectivity index (χ3v) is 5.85. The number of rotatable bonds is 5. The summed E-state index contributed by atoms with van der Waals surface area (Å²) in [7, 11) is 0. The van der Waals surface area contributed by atoms with Gasteiger partial charge in [-0.2, -0.15) is 11.8 Å². The van der Waals surface area contributed by atoms with Gasteiger partial charge in [-0.3, -0.25) is 4.79 Å². The van der Waals surface area contributed by atoms with Crippen molar-refractivity contribution in [2.75, 3.05) is 6.54 Å². The summed E-state index contributed by atoms with van der Waals surface area (Å²) in [5.41, 5.74) is 7.50. The second kappa shape index (κ2) is 6.84. The fourth-order valence-corrected chi connectivity index (χ4v) is 4.54. The van der Waals surface area contributed by atoms with Crippen molar-refractivity contribution in [2.45, 2.75) is 43.6 Å². The zero-order valence-electron chi connectivity index (χ0n) is 13.0. The van der Waals surface area contributed by atoms with Crippen LogP contribution in [0, 0.1) is 12.8 Å². The molecule has 1 aliphatic carbocycles. The quantitative estimate of drug-likeness (QED) is 0.889. The molecule has 0 radical (unpaired) electrons. The first-order chi connectivity index (χ1) is 10.7. The van der Waals surface area contributed by atoms with Crippen molar-refractivity contribution in [1.29, 1.82) is 0 Å². The molecule has 4 nitrogen and oxygen atoms in total. The summed E-state index contributed by atoms with van der Waals surface area (Å²) in [4.78, 5) is 19.8. The second-order valence-electron chi connectivity index (χ2n) is 6.17. The number of nitrogens with two attached hydrogens (primary N) is 1. The molecule has 2 unspecified atom stereocenters. The van der Waals surface area contributed by atoms with Crippen molar-refractivity contribution in [2.24, 2.45) is 11.7 Å².